The summed E-state index contributed by atoms with van der Waals surface area (Å²) < 4.78 is 4.97. The number of benzene rings is 3. The van der Waals surface area contributed by atoms with Crippen LogP contribution in [0, 0.1) is 11.3 Å². The average Bonchev–Trinajstić information content (AvgIpc) is 3.52. The van der Waals surface area contributed by atoms with Crippen LogP contribution in [-0.2, 0) is 27.2 Å². The first-order valence-corrected chi connectivity index (χ1v) is 14.9. The molecule has 0 spiro atoms. The number of aromatic nitrogens is 2. The highest BCUT2D eigenvalue weighted by atomic mass is 16.5. The molecule has 4 aromatic rings. The fraction of sp³-hybridized carbons (Fsp3) is 0.333. The molecule has 0 radical (unpaired) electrons. The quantitative estimate of drug-likeness (QED) is 0.205. The Labute approximate surface area is 252 Å². The molecule has 5 rings (SSSR count). The lowest BCUT2D eigenvalue weighted by Crippen LogP contribution is -2.28. The summed E-state index contributed by atoms with van der Waals surface area (Å²) >= 11 is 0. The standard InChI is InChI=1S/C36H39N3O4/c1-36(2,35(42)43-3)23-25-10-9-15-30(21-25)37-34(41)32(26-11-7-8-12-26)27-18-16-24(17-19-27)20-29-22-31(40)38-39-33(29)28-13-5-4-6-14-28/h4-6,9-10,13-19,21-22,26,32H,7-8,11-12,20,23H2,1-3H3,(H,37,41)(H,38,40). The fourth-order valence-electron chi connectivity index (χ4n) is 6.25. The first-order chi connectivity index (χ1) is 20.7. The number of ether oxygens (including phenoxy) is 1. The molecule has 2 N–H and O–H groups in total. The summed E-state index contributed by atoms with van der Waals surface area (Å²) in [5.74, 6) is -0.283. The molecule has 7 nitrogen and oxygen atoms in total. The van der Waals surface area contributed by atoms with Gasteiger partial charge in [-0.1, -0.05) is 79.6 Å². The van der Waals surface area contributed by atoms with Crippen molar-refractivity contribution in [2.24, 2.45) is 11.3 Å². The molecule has 0 aliphatic heterocycles. The van der Waals surface area contributed by atoms with Gasteiger partial charge in [-0.3, -0.25) is 14.4 Å². The van der Waals surface area contributed by atoms with Gasteiger partial charge in [-0.25, -0.2) is 5.10 Å². The molecule has 1 saturated carbocycles. The molecule has 0 bridgehead atoms. The van der Waals surface area contributed by atoms with Gasteiger partial charge in [0.25, 0.3) is 5.56 Å². The maximum absolute atomic E-state index is 13.8. The van der Waals surface area contributed by atoms with E-state index in [1.54, 1.807) is 6.07 Å². The average molecular weight is 578 g/mol. The van der Waals surface area contributed by atoms with Gasteiger partial charge in [0.15, 0.2) is 0 Å². The Bertz CT molecular complexity index is 1620. The summed E-state index contributed by atoms with van der Waals surface area (Å²) in [6.07, 6.45) is 5.35. The Hall–Kier alpha value is -4.52. The minimum atomic E-state index is -0.670. The van der Waals surface area contributed by atoms with Gasteiger partial charge in [0, 0.05) is 17.3 Å². The normalized spacial score (nSPS) is 14.3. The first-order valence-electron chi connectivity index (χ1n) is 14.9. The van der Waals surface area contributed by atoms with Gasteiger partial charge in [-0.15, -0.1) is 0 Å². The van der Waals surface area contributed by atoms with Crippen molar-refractivity contribution < 1.29 is 14.3 Å². The highest BCUT2D eigenvalue weighted by molar-refractivity contribution is 5.96. The van der Waals surface area contributed by atoms with E-state index in [-0.39, 0.29) is 29.3 Å². The Morgan fingerprint density at radius 2 is 1.67 bits per heavy atom. The summed E-state index contributed by atoms with van der Waals surface area (Å²) in [4.78, 5) is 38.2. The number of H-pyrrole nitrogens is 1. The molecule has 1 amide bonds. The van der Waals surface area contributed by atoms with E-state index in [0.717, 1.165) is 64.9 Å². The van der Waals surface area contributed by atoms with Crippen LogP contribution < -0.4 is 10.9 Å². The number of rotatable bonds is 10. The van der Waals surface area contributed by atoms with Crippen LogP contribution in [0.2, 0.25) is 0 Å². The lowest BCUT2D eigenvalue weighted by atomic mass is 9.83. The van der Waals surface area contributed by atoms with Gasteiger partial charge in [0.2, 0.25) is 5.91 Å². The number of esters is 1. The van der Waals surface area contributed by atoms with E-state index in [4.69, 9.17) is 4.74 Å². The van der Waals surface area contributed by atoms with Crippen molar-refractivity contribution >= 4 is 17.6 Å². The van der Waals surface area contributed by atoms with Crippen LogP contribution in [-0.4, -0.2) is 29.2 Å². The molecular formula is C36H39N3O4. The van der Waals surface area contributed by atoms with Crippen LogP contribution in [0.5, 0.6) is 0 Å². The first kappa shape index (κ1) is 30.0. The monoisotopic (exact) mass is 577 g/mol. The Morgan fingerprint density at radius 1 is 0.953 bits per heavy atom. The predicted octanol–water partition coefficient (Wildman–Crippen LogP) is 6.68. The molecule has 3 aromatic carbocycles. The molecule has 0 saturated heterocycles. The third-order valence-electron chi connectivity index (χ3n) is 8.40. The van der Waals surface area contributed by atoms with E-state index in [9.17, 15) is 14.4 Å². The number of aromatic amines is 1. The molecule has 1 atom stereocenters. The summed E-state index contributed by atoms with van der Waals surface area (Å²) in [5, 5.41) is 10.1. The van der Waals surface area contributed by atoms with Crippen molar-refractivity contribution in [2.75, 3.05) is 12.4 Å². The van der Waals surface area contributed by atoms with Crippen molar-refractivity contribution in [3.05, 3.63) is 118 Å². The molecule has 1 aliphatic rings. The third-order valence-corrected chi connectivity index (χ3v) is 8.40. The van der Waals surface area contributed by atoms with Crippen LogP contribution >= 0.6 is 0 Å². The summed E-state index contributed by atoms with van der Waals surface area (Å²) in [6, 6.07) is 27.3. The second-order valence-corrected chi connectivity index (χ2v) is 12.2. The largest absolute Gasteiger partial charge is 0.469 e. The topological polar surface area (TPSA) is 101 Å². The minimum absolute atomic E-state index is 0.0193. The maximum atomic E-state index is 13.8. The van der Waals surface area contributed by atoms with E-state index in [1.807, 2.05) is 68.4 Å². The number of carbonyl (C=O) groups excluding carboxylic acids is 2. The molecule has 1 aliphatic carbocycles. The lowest BCUT2D eigenvalue weighted by Gasteiger charge is -2.24. The maximum Gasteiger partial charge on any atom is 0.311 e. The van der Waals surface area contributed by atoms with E-state index >= 15 is 0 Å². The number of methoxy groups -OCH3 is 1. The molecule has 1 heterocycles. The van der Waals surface area contributed by atoms with E-state index in [2.05, 4.69) is 39.8 Å². The molecule has 7 heteroatoms. The van der Waals surface area contributed by atoms with Crippen LogP contribution in [0.15, 0.2) is 89.7 Å². The number of nitrogens with zero attached hydrogens (tertiary/aromatic N) is 1. The Kier molecular flexibility index (Phi) is 9.19. The van der Waals surface area contributed by atoms with Crippen molar-refractivity contribution in [2.45, 2.75) is 58.3 Å². The van der Waals surface area contributed by atoms with Gasteiger partial charge in [-0.2, -0.15) is 5.10 Å². The van der Waals surface area contributed by atoms with Gasteiger partial charge in [0.05, 0.1) is 24.1 Å². The highest BCUT2D eigenvalue weighted by Crippen LogP contribution is 2.38. The fourth-order valence-corrected chi connectivity index (χ4v) is 6.25. The number of carbonyl (C=O) groups is 2. The van der Waals surface area contributed by atoms with Crippen LogP contribution in [0.4, 0.5) is 5.69 Å². The molecule has 43 heavy (non-hydrogen) atoms. The molecule has 1 aromatic heterocycles. The number of nitrogens with one attached hydrogen (secondary N) is 2. The van der Waals surface area contributed by atoms with Crippen molar-refractivity contribution in [3.63, 3.8) is 0 Å². The number of amides is 1. The number of anilines is 1. The molecule has 222 valence electrons. The van der Waals surface area contributed by atoms with Crippen molar-refractivity contribution in [3.8, 4) is 11.3 Å². The van der Waals surface area contributed by atoms with Gasteiger partial charge < -0.3 is 10.1 Å². The zero-order chi connectivity index (χ0) is 30.4. The minimum Gasteiger partial charge on any atom is -0.469 e. The second kappa shape index (κ2) is 13.2. The van der Waals surface area contributed by atoms with Crippen molar-refractivity contribution in [1.82, 2.24) is 10.2 Å². The summed E-state index contributed by atoms with van der Waals surface area (Å²) in [5.41, 5.74) is 5.35. The number of hydrogen-bond acceptors (Lipinski definition) is 5. The molecular weight excluding hydrogens is 538 g/mol. The summed E-state index contributed by atoms with van der Waals surface area (Å²) in [7, 11) is 1.40. The van der Waals surface area contributed by atoms with E-state index in [0.29, 0.717) is 12.8 Å². The van der Waals surface area contributed by atoms with Crippen LogP contribution in [0.3, 0.4) is 0 Å². The van der Waals surface area contributed by atoms with Gasteiger partial charge >= 0.3 is 5.97 Å². The van der Waals surface area contributed by atoms with Crippen LogP contribution in [0.1, 0.15) is 67.7 Å². The van der Waals surface area contributed by atoms with Crippen LogP contribution in [0.25, 0.3) is 11.3 Å². The SMILES string of the molecule is COC(=O)C(C)(C)Cc1cccc(NC(=O)C(c2ccc(Cc3cc(=O)[nH]nc3-c3ccccc3)cc2)C2CCCC2)c1. The van der Waals surface area contributed by atoms with E-state index < -0.39 is 5.41 Å². The van der Waals surface area contributed by atoms with Gasteiger partial charge in [0.1, 0.15) is 0 Å². The highest BCUT2D eigenvalue weighted by Gasteiger charge is 2.33. The summed E-state index contributed by atoms with van der Waals surface area (Å²) in [6.45, 7) is 3.72. The zero-order valence-corrected chi connectivity index (χ0v) is 25.1. The lowest BCUT2D eigenvalue weighted by molar-refractivity contribution is -0.150. The smallest absolute Gasteiger partial charge is 0.311 e. The third kappa shape index (κ3) is 7.28. The van der Waals surface area contributed by atoms with E-state index in [1.165, 1.54) is 7.11 Å². The number of hydrogen-bond donors (Lipinski definition) is 2. The molecule has 1 unspecified atom stereocenters. The Balaban J connectivity index is 1.35. The van der Waals surface area contributed by atoms with Crippen molar-refractivity contribution in [1.29, 1.82) is 0 Å². The second-order valence-electron chi connectivity index (χ2n) is 12.2. The zero-order valence-electron chi connectivity index (χ0n) is 25.1. The molecule has 1 fully saturated rings. The Morgan fingerprint density at radius 3 is 2.37 bits per heavy atom. The predicted molar refractivity (Wildman–Crippen MR) is 169 cm³/mol. The van der Waals surface area contributed by atoms with Gasteiger partial charge in [-0.05, 0) is 79.8 Å².